The zero-order valence-corrected chi connectivity index (χ0v) is 15.3. The first-order chi connectivity index (χ1) is 11.5. The maximum Gasteiger partial charge on any atom is 0.225 e. The number of nitrogens with zero attached hydrogens (tertiary/aromatic N) is 2. The van der Waals surface area contributed by atoms with Crippen LogP contribution in [-0.4, -0.2) is 21.8 Å². The molecule has 4 nitrogen and oxygen atoms in total. The van der Waals surface area contributed by atoms with E-state index in [0.717, 1.165) is 34.9 Å². The van der Waals surface area contributed by atoms with Crippen LogP contribution in [0.4, 0.5) is 0 Å². The van der Waals surface area contributed by atoms with E-state index in [4.69, 9.17) is 4.74 Å². The summed E-state index contributed by atoms with van der Waals surface area (Å²) in [5.41, 5.74) is 2.08. The SMILES string of the molecule is Cc1ccccc1OCc1nc(CN(C(=O)C(C)C)C2CC2)cs1. The van der Waals surface area contributed by atoms with Crippen molar-refractivity contribution < 1.29 is 9.53 Å². The van der Waals surface area contributed by atoms with Gasteiger partial charge in [0.15, 0.2) is 0 Å². The summed E-state index contributed by atoms with van der Waals surface area (Å²) in [6, 6.07) is 8.39. The first-order valence-corrected chi connectivity index (χ1v) is 9.34. The number of ether oxygens (including phenoxy) is 1. The van der Waals surface area contributed by atoms with Crippen LogP contribution >= 0.6 is 11.3 Å². The van der Waals surface area contributed by atoms with Gasteiger partial charge < -0.3 is 9.64 Å². The Kier molecular flexibility index (Phi) is 5.19. The smallest absolute Gasteiger partial charge is 0.225 e. The van der Waals surface area contributed by atoms with Crippen molar-refractivity contribution in [1.29, 1.82) is 0 Å². The van der Waals surface area contributed by atoms with Crippen LogP contribution in [0.3, 0.4) is 0 Å². The summed E-state index contributed by atoms with van der Waals surface area (Å²) >= 11 is 1.59. The lowest BCUT2D eigenvalue weighted by atomic mass is 10.2. The second kappa shape index (κ2) is 7.34. The van der Waals surface area contributed by atoms with Gasteiger partial charge in [-0.1, -0.05) is 32.0 Å². The number of carbonyl (C=O) groups is 1. The average molecular weight is 344 g/mol. The number of rotatable bonds is 7. The minimum absolute atomic E-state index is 0.0353. The molecule has 5 heteroatoms. The first kappa shape index (κ1) is 17.0. The number of aryl methyl sites for hydroxylation is 1. The molecule has 0 unspecified atom stereocenters. The van der Waals surface area contributed by atoms with E-state index >= 15 is 0 Å². The lowest BCUT2D eigenvalue weighted by Crippen LogP contribution is -2.35. The lowest BCUT2D eigenvalue weighted by Gasteiger charge is -2.23. The molecule has 0 aliphatic heterocycles. The van der Waals surface area contributed by atoms with Crippen molar-refractivity contribution in [3.63, 3.8) is 0 Å². The summed E-state index contributed by atoms with van der Waals surface area (Å²) in [6.45, 7) is 7.04. The molecule has 2 aromatic rings. The molecule has 1 aliphatic rings. The topological polar surface area (TPSA) is 42.4 Å². The van der Waals surface area contributed by atoms with Crippen molar-refractivity contribution in [2.24, 2.45) is 5.92 Å². The van der Waals surface area contributed by atoms with Crippen LogP contribution < -0.4 is 4.74 Å². The molecule has 128 valence electrons. The Morgan fingerprint density at radius 3 is 2.79 bits per heavy atom. The minimum Gasteiger partial charge on any atom is -0.486 e. The fourth-order valence-corrected chi connectivity index (χ4v) is 3.32. The van der Waals surface area contributed by atoms with Gasteiger partial charge in [0, 0.05) is 17.3 Å². The van der Waals surface area contributed by atoms with Crippen molar-refractivity contribution in [3.05, 3.63) is 45.9 Å². The third-order valence-corrected chi connectivity index (χ3v) is 5.01. The van der Waals surface area contributed by atoms with Crippen molar-refractivity contribution in [3.8, 4) is 5.75 Å². The maximum atomic E-state index is 12.4. The molecular weight excluding hydrogens is 320 g/mol. The highest BCUT2D eigenvalue weighted by molar-refractivity contribution is 7.09. The van der Waals surface area contributed by atoms with Crippen LogP contribution in [0.1, 0.15) is 43.0 Å². The molecule has 1 heterocycles. The van der Waals surface area contributed by atoms with E-state index in [1.807, 2.05) is 55.3 Å². The van der Waals surface area contributed by atoms with Gasteiger partial charge >= 0.3 is 0 Å². The van der Waals surface area contributed by atoms with Crippen molar-refractivity contribution in [1.82, 2.24) is 9.88 Å². The van der Waals surface area contributed by atoms with Gasteiger partial charge in [-0.25, -0.2) is 4.98 Å². The number of thiazole rings is 1. The van der Waals surface area contributed by atoms with Crippen LogP contribution in [-0.2, 0) is 17.9 Å². The van der Waals surface area contributed by atoms with Crippen LogP contribution in [0.2, 0.25) is 0 Å². The summed E-state index contributed by atoms with van der Waals surface area (Å²) in [6.07, 6.45) is 2.23. The van der Waals surface area contributed by atoms with Gasteiger partial charge in [0.05, 0.1) is 12.2 Å². The van der Waals surface area contributed by atoms with Gasteiger partial charge in [0.25, 0.3) is 0 Å². The number of para-hydroxylation sites is 1. The average Bonchev–Trinajstić information content (AvgIpc) is 3.31. The molecule has 1 saturated carbocycles. The number of hydrogen-bond acceptors (Lipinski definition) is 4. The lowest BCUT2D eigenvalue weighted by molar-refractivity contribution is -0.135. The molecule has 0 radical (unpaired) electrons. The largest absolute Gasteiger partial charge is 0.486 e. The third-order valence-electron chi connectivity index (χ3n) is 4.14. The molecule has 0 saturated heterocycles. The van der Waals surface area contributed by atoms with Crippen LogP contribution in [0.15, 0.2) is 29.6 Å². The van der Waals surface area contributed by atoms with Crippen molar-refractivity contribution in [2.75, 3.05) is 0 Å². The zero-order valence-electron chi connectivity index (χ0n) is 14.5. The monoisotopic (exact) mass is 344 g/mol. The molecule has 24 heavy (non-hydrogen) atoms. The number of carbonyl (C=O) groups excluding carboxylic acids is 1. The molecule has 0 spiro atoms. The summed E-state index contributed by atoms with van der Waals surface area (Å²) in [5.74, 6) is 1.15. The highest BCUT2D eigenvalue weighted by atomic mass is 32.1. The Balaban J connectivity index is 1.60. The van der Waals surface area contributed by atoms with E-state index in [1.165, 1.54) is 0 Å². The fourth-order valence-electron chi connectivity index (χ4n) is 2.63. The summed E-state index contributed by atoms with van der Waals surface area (Å²) in [7, 11) is 0. The highest BCUT2D eigenvalue weighted by Gasteiger charge is 2.33. The number of amides is 1. The molecule has 0 bridgehead atoms. The Bertz CT molecular complexity index is 707. The Hall–Kier alpha value is -1.88. The molecule has 0 atom stereocenters. The quantitative estimate of drug-likeness (QED) is 0.757. The summed E-state index contributed by atoms with van der Waals surface area (Å²) in [5, 5.41) is 2.99. The molecule has 1 fully saturated rings. The van der Waals surface area contributed by atoms with Crippen LogP contribution in [0.25, 0.3) is 0 Å². The second-order valence-corrected chi connectivity index (χ2v) is 7.58. The predicted molar refractivity (Wildman–Crippen MR) is 96.0 cm³/mol. The van der Waals surface area contributed by atoms with Crippen molar-refractivity contribution >= 4 is 17.2 Å². The predicted octanol–water partition coefficient (Wildman–Crippen LogP) is 4.18. The van der Waals surface area contributed by atoms with Crippen molar-refractivity contribution in [2.45, 2.75) is 52.8 Å². The zero-order chi connectivity index (χ0) is 17.1. The molecule has 1 aliphatic carbocycles. The van der Waals surface area contributed by atoms with Gasteiger partial charge in [0.2, 0.25) is 5.91 Å². The maximum absolute atomic E-state index is 12.4. The molecule has 0 N–H and O–H groups in total. The number of hydrogen-bond donors (Lipinski definition) is 0. The second-order valence-electron chi connectivity index (χ2n) is 6.64. The van der Waals surface area contributed by atoms with Gasteiger partial charge in [-0.15, -0.1) is 11.3 Å². The summed E-state index contributed by atoms with van der Waals surface area (Å²) in [4.78, 5) is 19.0. The Morgan fingerprint density at radius 1 is 1.38 bits per heavy atom. The Labute approximate surface area is 147 Å². The Morgan fingerprint density at radius 2 is 2.12 bits per heavy atom. The number of benzene rings is 1. The first-order valence-electron chi connectivity index (χ1n) is 8.47. The van der Waals surface area contributed by atoms with E-state index in [2.05, 4.69) is 4.98 Å². The molecular formula is C19H24N2O2S. The molecule has 1 aromatic heterocycles. The van der Waals surface area contributed by atoms with E-state index in [-0.39, 0.29) is 11.8 Å². The van der Waals surface area contributed by atoms with Gasteiger partial charge in [-0.3, -0.25) is 4.79 Å². The van der Waals surface area contributed by atoms with Crippen LogP contribution in [0, 0.1) is 12.8 Å². The van der Waals surface area contributed by atoms with E-state index in [1.54, 1.807) is 11.3 Å². The van der Waals surface area contributed by atoms with Gasteiger partial charge in [-0.05, 0) is 31.4 Å². The molecule has 1 aromatic carbocycles. The highest BCUT2D eigenvalue weighted by Crippen LogP contribution is 2.30. The third kappa shape index (κ3) is 4.15. The van der Waals surface area contributed by atoms with Crippen LogP contribution in [0.5, 0.6) is 5.75 Å². The normalized spacial score (nSPS) is 14.0. The van der Waals surface area contributed by atoms with Gasteiger partial charge in [-0.2, -0.15) is 0 Å². The standard InChI is InChI=1S/C19H24N2O2S/c1-13(2)19(22)21(16-8-9-16)10-15-12-24-18(20-15)11-23-17-7-5-4-6-14(17)3/h4-7,12-13,16H,8-11H2,1-3H3. The fraction of sp³-hybridized carbons (Fsp3) is 0.474. The van der Waals surface area contributed by atoms with E-state index < -0.39 is 0 Å². The molecule has 3 rings (SSSR count). The minimum atomic E-state index is 0.0353. The summed E-state index contributed by atoms with van der Waals surface area (Å²) < 4.78 is 5.85. The van der Waals surface area contributed by atoms with Gasteiger partial charge in [0.1, 0.15) is 17.4 Å². The van der Waals surface area contributed by atoms with E-state index in [0.29, 0.717) is 19.2 Å². The van der Waals surface area contributed by atoms with E-state index in [9.17, 15) is 4.79 Å². The number of aromatic nitrogens is 1. The molecule has 1 amide bonds.